The molecule has 2 rings (SSSR count). The zero-order valence-electron chi connectivity index (χ0n) is 8.42. The van der Waals surface area contributed by atoms with E-state index in [-0.39, 0.29) is 24.0 Å². The van der Waals surface area contributed by atoms with Crippen LogP contribution in [0, 0.1) is 10.1 Å². The number of aliphatic hydroxyl groups excluding tert-OH is 1. The number of nitrogens with zero attached hydrogens (tertiary/aromatic N) is 2. The number of hydrogen-bond acceptors (Lipinski definition) is 4. The summed E-state index contributed by atoms with van der Waals surface area (Å²) in [5, 5.41) is 19.7. The molecule has 1 aliphatic heterocycles. The number of β-amino-alcohol motifs (C(OH)–C–C–N with tert-alkyl or cyclic N) is 1. The second-order valence-electron chi connectivity index (χ2n) is 3.71. The summed E-state index contributed by atoms with van der Waals surface area (Å²) >= 11 is 0. The first-order chi connectivity index (χ1) is 7.58. The maximum Gasteiger partial charge on any atom is 0.321 e. The first kappa shape index (κ1) is 10.6. The number of hydrogen-bond donors (Lipinski definition) is 2. The zero-order chi connectivity index (χ0) is 11.7. The lowest BCUT2D eigenvalue weighted by Gasteiger charge is -2.12. The molecule has 0 aliphatic carbocycles. The van der Waals surface area contributed by atoms with Crippen molar-refractivity contribution in [3.05, 3.63) is 27.9 Å². The number of likely N-dealkylation sites (tertiary alicyclic amines) is 1. The van der Waals surface area contributed by atoms with Crippen LogP contribution in [0.5, 0.6) is 0 Å². The van der Waals surface area contributed by atoms with Gasteiger partial charge in [0.15, 0.2) is 5.69 Å². The fraction of sp³-hybridized carbons (Fsp3) is 0.444. The monoisotopic (exact) mass is 225 g/mol. The number of aliphatic hydroxyl groups is 1. The Balaban J connectivity index is 2.11. The van der Waals surface area contributed by atoms with Gasteiger partial charge in [-0.3, -0.25) is 4.79 Å². The minimum atomic E-state index is -0.588. The minimum Gasteiger partial charge on any atom is -0.391 e. The molecule has 0 unspecified atom stereocenters. The van der Waals surface area contributed by atoms with Gasteiger partial charge in [0.1, 0.15) is 0 Å². The molecule has 0 bridgehead atoms. The molecule has 0 radical (unpaired) electrons. The Morgan fingerprint density at radius 3 is 2.88 bits per heavy atom. The summed E-state index contributed by atoms with van der Waals surface area (Å²) in [4.78, 5) is 25.5. The van der Waals surface area contributed by atoms with Crippen LogP contribution in [0.3, 0.4) is 0 Å². The fourth-order valence-corrected chi connectivity index (χ4v) is 1.71. The second kappa shape index (κ2) is 3.93. The molecule has 1 aromatic heterocycles. The Morgan fingerprint density at radius 1 is 1.62 bits per heavy atom. The molecular weight excluding hydrogens is 214 g/mol. The van der Waals surface area contributed by atoms with Crippen LogP contribution >= 0.6 is 0 Å². The summed E-state index contributed by atoms with van der Waals surface area (Å²) in [6.45, 7) is 0.762. The predicted molar refractivity (Wildman–Crippen MR) is 54.0 cm³/mol. The van der Waals surface area contributed by atoms with Gasteiger partial charge < -0.3 is 20.1 Å². The molecule has 7 nitrogen and oxygen atoms in total. The van der Waals surface area contributed by atoms with Crippen LogP contribution in [0.2, 0.25) is 0 Å². The van der Waals surface area contributed by atoms with E-state index in [9.17, 15) is 20.0 Å². The molecule has 1 saturated heterocycles. The van der Waals surface area contributed by atoms with Crippen molar-refractivity contribution in [1.29, 1.82) is 0 Å². The molecule has 1 atom stereocenters. The van der Waals surface area contributed by atoms with Gasteiger partial charge in [-0.1, -0.05) is 0 Å². The van der Waals surface area contributed by atoms with Crippen LogP contribution < -0.4 is 0 Å². The van der Waals surface area contributed by atoms with E-state index in [0.29, 0.717) is 13.0 Å². The average Bonchev–Trinajstić information content (AvgIpc) is 2.84. The molecule has 1 aromatic rings. The van der Waals surface area contributed by atoms with E-state index in [0.717, 1.165) is 0 Å². The van der Waals surface area contributed by atoms with E-state index < -0.39 is 11.0 Å². The molecule has 1 amide bonds. The number of carbonyl (C=O) groups is 1. The van der Waals surface area contributed by atoms with E-state index >= 15 is 0 Å². The maximum absolute atomic E-state index is 11.8. The van der Waals surface area contributed by atoms with Crippen molar-refractivity contribution in [2.45, 2.75) is 12.5 Å². The van der Waals surface area contributed by atoms with Crippen molar-refractivity contribution in [2.75, 3.05) is 13.1 Å². The molecule has 2 heterocycles. The number of carbonyl (C=O) groups excluding carboxylic acids is 1. The van der Waals surface area contributed by atoms with Crippen molar-refractivity contribution < 1.29 is 14.8 Å². The van der Waals surface area contributed by atoms with E-state index in [1.807, 2.05) is 0 Å². The van der Waals surface area contributed by atoms with Gasteiger partial charge in [0.05, 0.1) is 6.10 Å². The Labute approximate surface area is 90.8 Å². The average molecular weight is 225 g/mol. The molecule has 0 aromatic carbocycles. The number of rotatable bonds is 2. The normalized spacial score (nSPS) is 20.1. The Kier molecular flexibility index (Phi) is 2.61. The SMILES string of the molecule is O=C(c1ccc([N+](=O)[O-])[nH]1)N1CC[C@@H](O)C1. The molecule has 0 saturated carbocycles. The van der Waals surface area contributed by atoms with Crippen LogP contribution in [-0.4, -0.2) is 45.0 Å². The largest absolute Gasteiger partial charge is 0.391 e. The summed E-state index contributed by atoms with van der Waals surface area (Å²) in [6, 6.07) is 2.63. The summed E-state index contributed by atoms with van der Waals surface area (Å²) in [5.74, 6) is -0.521. The van der Waals surface area contributed by atoms with Gasteiger partial charge in [-0.2, -0.15) is 0 Å². The highest BCUT2D eigenvalue weighted by Crippen LogP contribution is 2.15. The number of aromatic nitrogens is 1. The topological polar surface area (TPSA) is 99.5 Å². The van der Waals surface area contributed by atoms with Gasteiger partial charge in [-0.15, -0.1) is 0 Å². The summed E-state index contributed by atoms with van der Waals surface area (Å²) in [5.41, 5.74) is 0.181. The van der Waals surface area contributed by atoms with Crippen LogP contribution in [0.4, 0.5) is 5.82 Å². The predicted octanol–water partition coefficient (Wildman–Crippen LogP) is 0.130. The van der Waals surface area contributed by atoms with E-state index in [1.54, 1.807) is 0 Å². The van der Waals surface area contributed by atoms with Crippen LogP contribution in [-0.2, 0) is 0 Å². The van der Waals surface area contributed by atoms with Crippen molar-refractivity contribution in [3.8, 4) is 0 Å². The van der Waals surface area contributed by atoms with Crippen molar-refractivity contribution >= 4 is 11.7 Å². The molecule has 7 heteroatoms. The molecule has 1 aliphatic rings. The zero-order valence-corrected chi connectivity index (χ0v) is 8.42. The Hall–Kier alpha value is -1.89. The van der Waals surface area contributed by atoms with Gasteiger partial charge in [-0.25, -0.2) is 4.98 Å². The van der Waals surface area contributed by atoms with Gasteiger partial charge in [-0.05, 0) is 17.4 Å². The summed E-state index contributed by atoms with van der Waals surface area (Å²) in [6.07, 6.45) is 0.0584. The van der Waals surface area contributed by atoms with Gasteiger partial charge in [0, 0.05) is 19.2 Å². The number of amides is 1. The fourth-order valence-electron chi connectivity index (χ4n) is 1.71. The third-order valence-corrected chi connectivity index (χ3v) is 2.55. The summed E-state index contributed by atoms with van der Waals surface area (Å²) < 4.78 is 0. The second-order valence-corrected chi connectivity index (χ2v) is 3.71. The molecule has 0 spiro atoms. The number of nitro groups is 1. The van der Waals surface area contributed by atoms with Crippen molar-refractivity contribution in [3.63, 3.8) is 0 Å². The first-order valence-electron chi connectivity index (χ1n) is 4.88. The standard InChI is InChI=1S/C9H11N3O4/c13-6-3-4-11(5-6)9(14)7-1-2-8(10-7)12(15)16/h1-2,6,10,13H,3-5H2/t6-/m1/s1. The minimum absolute atomic E-state index is 0.181. The highest BCUT2D eigenvalue weighted by Gasteiger charge is 2.28. The lowest BCUT2D eigenvalue weighted by atomic mass is 10.3. The third-order valence-electron chi connectivity index (χ3n) is 2.55. The molecule has 1 fully saturated rings. The van der Waals surface area contributed by atoms with Crippen LogP contribution in [0.15, 0.2) is 12.1 Å². The van der Waals surface area contributed by atoms with Crippen molar-refractivity contribution in [2.24, 2.45) is 0 Å². The molecule has 2 N–H and O–H groups in total. The molecule has 16 heavy (non-hydrogen) atoms. The lowest BCUT2D eigenvalue weighted by Crippen LogP contribution is -2.29. The summed E-state index contributed by atoms with van der Waals surface area (Å²) in [7, 11) is 0. The Morgan fingerprint density at radius 2 is 2.38 bits per heavy atom. The highest BCUT2D eigenvalue weighted by molar-refractivity contribution is 5.93. The number of aromatic amines is 1. The van der Waals surface area contributed by atoms with Crippen molar-refractivity contribution in [1.82, 2.24) is 9.88 Å². The number of nitrogens with one attached hydrogen (secondary N) is 1. The lowest BCUT2D eigenvalue weighted by molar-refractivity contribution is -0.389. The van der Waals surface area contributed by atoms with Crippen LogP contribution in [0.1, 0.15) is 16.9 Å². The van der Waals surface area contributed by atoms with Gasteiger partial charge in [0.25, 0.3) is 5.91 Å². The highest BCUT2D eigenvalue weighted by atomic mass is 16.6. The Bertz CT molecular complexity index is 428. The number of H-pyrrole nitrogens is 1. The molecule has 86 valence electrons. The van der Waals surface area contributed by atoms with E-state index in [1.165, 1.54) is 17.0 Å². The third kappa shape index (κ3) is 1.89. The smallest absolute Gasteiger partial charge is 0.321 e. The maximum atomic E-state index is 11.8. The quantitative estimate of drug-likeness (QED) is 0.552. The molecular formula is C9H11N3O4. The van der Waals surface area contributed by atoms with E-state index in [2.05, 4.69) is 4.98 Å². The van der Waals surface area contributed by atoms with Crippen LogP contribution in [0.25, 0.3) is 0 Å². The van der Waals surface area contributed by atoms with Gasteiger partial charge in [0.2, 0.25) is 0 Å². The van der Waals surface area contributed by atoms with Gasteiger partial charge >= 0.3 is 5.82 Å². The van der Waals surface area contributed by atoms with E-state index in [4.69, 9.17) is 0 Å². The first-order valence-corrected chi connectivity index (χ1v) is 4.88.